The molecule has 0 aromatic heterocycles. The smallest absolute Gasteiger partial charge is 0.133 e. The van der Waals surface area contributed by atoms with Crippen LogP contribution in [0.4, 0.5) is 0 Å². The third-order valence-corrected chi connectivity index (χ3v) is 5.52. The van der Waals surface area contributed by atoms with Crippen LogP contribution >= 0.6 is 0 Å². The van der Waals surface area contributed by atoms with E-state index in [0.29, 0.717) is 11.9 Å². The molecule has 4 unspecified atom stereocenters. The SMILES string of the molecule is CCC(CCCCC1CCC2CCC(=O)CC12)OC. The molecular formula is C17H30O2. The van der Waals surface area contributed by atoms with Crippen molar-refractivity contribution in [2.24, 2.45) is 17.8 Å². The lowest BCUT2D eigenvalue weighted by Crippen LogP contribution is -2.24. The Labute approximate surface area is 118 Å². The fraction of sp³-hybridized carbons (Fsp3) is 0.941. The van der Waals surface area contributed by atoms with Crippen LogP contribution in [0.3, 0.4) is 0 Å². The first-order valence-electron chi connectivity index (χ1n) is 8.29. The van der Waals surface area contributed by atoms with Gasteiger partial charge in [-0.3, -0.25) is 4.79 Å². The maximum Gasteiger partial charge on any atom is 0.133 e. The molecule has 2 heteroatoms. The molecule has 0 heterocycles. The third kappa shape index (κ3) is 4.05. The zero-order chi connectivity index (χ0) is 13.7. The van der Waals surface area contributed by atoms with Crippen molar-refractivity contribution in [2.45, 2.75) is 77.2 Å². The van der Waals surface area contributed by atoms with Crippen molar-refractivity contribution in [3.05, 3.63) is 0 Å². The standard InChI is InChI=1S/C17H30O2/c1-3-16(19-2)7-5-4-6-13-8-9-14-10-11-15(18)12-17(13)14/h13-14,16-17H,3-12H2,1-2H3. The summed E-state index contributed by atoms with van der Waals surface area (Å²) in [7, 11) is 1.82. The summed E-state index contributed by atoms with van der Waals surface area (Å²) in [6.07, 6.45) is 12.4. The van der Waals surface area contributed by atoms with Gasteiger partial charge in [-0.25, -0.2) is 0 Å². The number of Topliss-reactive ketones (excluding diaryl/α,β-unsaturated/α-hetero) is 1. The Bertz CT molecular complexity index is 283. The molecule has 0 spiro atoms. The molecule has 2 rings (SSSR count). The normalized spacial score (nSPS) is 32.3. The zero-order valence-electron chi connectivity index (χ0n) is 12.7. The second kappa shape index (κ2) is 7.42. The molecular weight excluding hydrogens is 236 g/mol. The molecule has 0 bridgehead atoms. The number of ketones is 1. The highest BCUT2D eigenvalue weighted by atomic mass is 16.5. The average molecular weight is 266 g/mol. The van der Waals surface area contributed by atoms with Crippen LogP contribution in [0.1, 0.15) is 71.1 Å². The predicted molar refractivity (Wildman–Crippen MR) is 78.1 cm³/mol. The Morgan fingerprint density at radius 3 is 2.84 bits per heavy atom. The van der Waals surface area contributed by atoms with Crippen LogP contribution in [0, 0.1) is 17.8 Å². The summed E-state index contributed by atoms with van der Waals surface area (Å²) < 4.78 is 5.43. The molecule has 0 N–H and O–H groups in total. The van der Waals surface area contributed by atoms with Crippen LogP contribution in [0.25, 0.3) is 0 Å². The number of rotatable bonds is 7. The molecule has 0 aliphatic heterocycles. The molecule has 4 atom stereocenters. The Hall–Kier alpha value is -0.370. The van der Waals surface area contributed by atoms with E-state index in [2.05, 4.69) is 6.92 Å². The maximum atomic E-state index is 11.6. The van der Waals surface area contributed by atoms with Crippen molar-refractivity contribution in [3.63, 3.8) is 0 Å². The molecule has 2 nitrogen and oxygen atoms in total. The second-order valence-electron chi connectivity index (χ2n) is 6.59. The van der Waals surface area contributed by atoms with Crippen molar-refractivity contribution < 1.29 is 9.53 Å². The highest BCUT2D eigenvalue weighted by molar-refractivity contribution is 5.79. The van der Waals surface area contributed by atoms with Crippen LogP contribution in [-0.4, -0.2) is 19.0 Å². The van der Waals surface area contributed by atoms with E-state index in [4.69, 9.17) is 4.74 Å². The first-order valence-corrected chi connectivity index (χ1v) is 8.29. The summed E-state index contributed by atoms with van der Waals surface area (Å²) in [6.45, 7) is 2.20. The van der Waals surface area contributed by atoms with Gasteiger partial charge in [-0.1, -0.05) is 26.2 Å². The molecule has 0 aromatic carbocycles. The Kier molecular flexibility index (Phi) is 5.87. The van der Waals surface area contributed by atoms with Gasteiger partial charge in [0.15, 0.2) is 0 Å². The lowest BCUT2D eigenvalue weighted by molar-refractivity contribution is -0.122. The number of methoxy groups -OCH3 is 1. The highest BCUT2D eigenvalue weighted by Gasteiger charge is 2.39. The van der Waals surface area contributed by atoms with E-state index < -0.39 is 0 Å². The second-order valence-corrected chi connectivity index (χ2v) is 6.59. The van der Waals surface area contributed by atoms with E-state index in [-0.39, 0.29) is 0 Å². The van der Waals surface area contributed by atoms with E-state index >= 15 is 0 Å². The number of unbranched alkanes of at least 4 members (excludes halogenated alkanes) is 1. The third-order valence-electron chi connectivity index (χ3n) is 5.52. The van der Waals surface area contributed by atoms with Gasteiger partial charge in [0.05, 0.1) is 6.10 Å². The molecule has 2 fully saturated rings. The van der Waals surface area contributed by atoms with Gasteiger partial charge in [-0.2, -0.15) is 0 Å². The summed E-state index contributed by atoms with van der Waals surface area (Å²) in [4.78, 5) is 11.6. The monoisotopic (exact) mass is 266 g/mol. The highest BCUT2D eigenvalue weighted by Crippen LogP contribution is 2.46. The average Bonchev–Trinajstić information content (AvgIpc) is 2.81. The van der Waals surface area contributed by atoms with E-state index in [0.717, 1.165) is 37.0 Å². The van der Waals surface area contributed by atoms with Crippen molar-refractivity contribution in [2.75, 3.05) is 7.11 Å². The van der Waals surface area contributed by atoms with Crippen LogP contribution in [0.5, 0.6) is 0 Å². The Balaban J connectivity index is 1.67. The van der Waals surface area contributed by atoms with Gasteiger partial charge in [-0.15, -0.1) is 0 Å². The van der Waals surface area contributed by atoms with Gasteiger partial charge in [0, 0.05) is 20.0 Å². The quantitative estimate of drug-likeness (QED) is 0.640. The summed E-state index contributed by atoms with van der Waals surface area (Å²) >= 11 is 0. The molecule has 0 radical (unpaired) electrons. The predicted octanol–water partition coefficient (Wildman–Crippen LogP) is 4.37. The molecule has 2 aliphatic carbocycles. The molecule has 110 valence electrons. The maximum absolute atomic E-state index is 11.6. The summed E-state index contributed by atoms with van der Waals surface area (Å²) in [5.41, 5.74) is 0. The van der Waals surface area contributed by atoms with Gasteiger partial charge in [0.2, 0.25) is 0 Å². The summed E-state index contributed by atoms with van der Waals surface area (Å²) in [5.74, 6) is 2.99. The Morgan fingerprint density at radius 1 is 1.26 bits per heavy atom. The molecule has 2 aliphatic rings. The number of ether oxygens (including phenoxy) is 1. The van der Waals surface area contributed by atoms with Crippen LogP contribution in [0.2, 0.25) is 0 Å². The molecule has 0 aromatic rings. The van der Waals surface area contributed by atoms with Gasteiger partial charge in [0.25, 0.3) is 0 Å². The van der Waals surface area contributed by atoms with Crippen molar-refractivity contribution in [1.29, 1.82) is 0 Å². The van der Waals surface area contributed by atoms with E-state index in [1.54, 1.807) is 0 Å². The van der Waals surface area contributed by atoms with Crippen molar-refractivity contribution >= 4 is 5.78 Å². The lowest BCUT2D eigenvalue weighted by Gasteiger charge is -2.28. The van der Waals surface area contributed by atoms with Crippen LogP contribution < -0.4 is 0 Å². The van der Waals surface area contributed by atoms with Crippen molar-refractivity contribution in [3.8, 4) is 0 Å². The number of hydrogen-bond donors (Lipinski definition) is 0. The minimum absolute atomic E-state index is 0.451. The molecule has 19 heavy (non-hydrogen) atoms. The summed E-state index contributed by atoms with van der Waals surface area (Å²) in [5, 5.41) is 0. The first-order chi connectivity index (χ1) is 9.24. The minimum atomic E-state index is 0.451. The first kappa shape index (κ1) is 15.0. The Morgan fingerprint density at radius 2 is 2.11 bits per heavy atom. The van der Waals surface area contributed by atoms with Gasteiger partial charge < -0.3 is 4.74 Å². The zero-order valence-corrected chi connectivity index (χ0v) is 12.7. The molecule has 2 saturated carbocycles. The van der Waals surface area contributed by atoms with Gasteiger partial charge in [-0.05, 0) is 49.9 Å². The fourth-order valence-electron chi connectivity index (χ4n) is 4.27. The van der Waals surface area contributed by atoms with Gasteiger partial charge in [0.1, 0.15) is 5.78 Å². The van der Waals surface area contributed by atoms with Gasteiger partial charge >= 0.3 is 0 Å². The summed E-state index contributed by atoms with van der Waals surface area (Å²) in [6, 6.07) is 0. The number of fused-ring (bicyclic) bond motifs is 1. The minimum Gasteiger partial charge on any atom is -0.381 e. The number of carbonyl (C=O) groups is 1. The fourth-order valence-corrected chi connectivity index (χ4v) is 4.27. The van der Waals surface area contributed by atoms with E-state index in [1.165, 1.54) is 44.9 Å². The van der Waals surface area contributed by atoms with E-state index in [1.807, 2.05) is 7.11 Å². The lowest BCUT2D eigenvalue weighted by atomic mass is 9.76. The van der Waals surface area contributed by atoms with E-state index in [9.17, 15) is 4.79 Å². The van der Waals surface area contributed by atoms with Crippen molar-refractivity contribution in [1.82, 2.24) is 0 Å². The topological polar surface area (TPSA) is 26.3 Å². The number of carbonyl (C=O) groups excluding carboxylic acids is 1. The van der Waals surface area contributed by atoms with Crippen LogP contribution in [0.15, 0.2) is 0 Å². The van der Waals surface area contributed by atoms with Crippen LogP contribution in [-0.2, 0) is 9.53 Å². The molecule has 0 amide bonds. The largest absolute Gasteiger partial charge is 0.381 e. The number of hydrogen-bond acceptors (Lipinski definition) is 2. The molecule has 0 saturated heterocycles.